The number of halogens is 3. The normalized spacial score (nSPS) is 12.8. The van der Waals surface area contributed by atoms with Crippen LogP contribution in [0.3, 0.4) is 0 Å². The van der Waals surface area contributed by atoms with Crippen LogP contribution in [-0.4, -0.2) is 13.1 Å². The average molecular weight is 259 g/mol. The van der Waals surface area contributed by atoms with Gasteiger partial charge in [0, 0.05) is 0 Å². The summed E-state index contributed by atoms with van der Waals surface area (Å²) in [4.78, 5) is 0. The van der Waals surface area contributed by atoms with Gasteiger partial charge in [0.25, 0.3) is 0 Å². The van der Waals surface area contributed by atoms with Crippen molar-refractivity contribution in [2.75, 3.05) is 13.1 Å². The van der Waals surface area contributed by atoms with E-state index in [1.54, 1.807) is 12.1 Å². The molecule has 0 fully saturated rings. The summed E-state index contributed by atoms with van der Waals surface area (Å²) in [6.45, 7) is 7.90. The van der Waals surface area contributed by atoms with Gasteiger partial charge in [0.15, 0.2) is 0 Å². The van der Waals surface area contributed by atoms with Gasteiger partial charge in [0.2, 0.25) is 0 Å². The van der Waals surface area contributed by atoms with Gasteiger partial charge in [-0.2, -0.15) is 13.2 Å². The highest BCUT2D eigenvalue weighted by Crippen LogP contribution is 2.32. The van der Waals surface area contributed by atoms with Gasteiger partial charge in [-0.15, -0.1) is 0 Å². The van der Waals surface area contributed by atoms with Crippen LogP contribution < -0.4 is 5.32 Å². The number of hydrogen-bond acceptors (Lipinski definition) is 1. The predicted octanol–water partition coefficient (Wildman–Crippen LogP) is 3.98. The first-order chi connectivity index (χ1) is 8.27. The van der Waals surface area contributed by atoms with Crippen LogP contribution in [0.15, 0.2) is 24.3 Å². The summed E-state index contributed by atoms with van der Waals surface area (Å²) in [5.74, 6) is 0. The molecule has 0 spiro atoms. The van der Waals surface area contributed by atoms with Crippen molar-refractivity contribution >= 4 is 0 Å². The van der Waals surface area contributed by atoms with E-state index in [0.29, 0.717) is 0 Å². The zero-order chi connectivity index (χ0) is 13.8. The Labute approximate surface area is 106 Å². The van der Waals surface area contributed by atoms with E-state index in [-0.39, 0.29) is 5.41 Å². The van der Waals surface area contributed by atoms with E-state index in [9.17, 15) is 13.2 Å². The van der Waals surface area contributed by atoms with Gasteiger partial charge in [0.05, 0.1) is 5.56 Å². The molecular formula is C14H20F3N. The summed E-state index contributed by atoms with van der Waals surface area (Å²) in [6.07, 6.45) is -3.36. The molecule has 0 bridgehead atoms. The van der Waals surface area contributed by atoms with Crippen molar-refractivity contribution in [2.24, 2.45) is 0 Å². The molecule has 4 heteroatoms. The van der Waals surface area contributed by atoms with Crippen LogP contribution in [0.25, 0.3) is 0 Å². The molecule has 1 nitrogen and oxygen atoms in total. The van der Waals surface area contributed by atoms with Gasteiger partial charge in [-0.3, -0.25) is 0 Å². The molecule has 0 aliphatic carbocycles. The molecule has 0 amide bonds. The van der Waals surface area contributed by atoms with E-state index < -0.39 is 11.7 Å². The van der Waals surface area contributed by atoms with E-state index in [2.05, 4.69) is 5.32 Å². The van der Waals surface area contributed by atoms with Crippen molar-refractivity contribution in [2.45, 2.75) is 38.8 Å². The fourth-order valence-electron chi connectivity index (χ4n) is 1.83. The zero-order valence-electron chi connectivity index (χ0n) is 11.1. The summed E-state index contributed by atoms with van der Waals surface area (Å²) >= 11 is 0. The number of rotatable bonds is 5. The van der Waals surface area contributed by atoms with Gasteiger partial charge < -0.3 is 5.32 Å². The lowest BCUT2D eigenvalue weighted by Crippen LogP contribution is -2.25. The lowest BCUT2D eigenvalue weighted by atomic mass is 9.81. The molecule has 1 aromatic rings. The molecule has 1 aromatic carbocycles. The maximum Gasteiger partial charge on any atom is 0.416 e. The third-order valence-electron chi connectivity index (χ3n) is 3.17. The van der Waals surface area contributed by atoms with Crippen LogP contribution in [0, 0.1) is 0 Å². The Balaban J connectivity index is 2.77. The molecule has 0 aliphatic rings. The van der Waals surface area contributed by atoms with Crippen molar-refractivity contribution < 1.29 is 13.2 Å². The number of nitrogens with one attached hydrogen (secondary N) is 1. The first-order valence-electron chi connectivity index (χ1n) is 6.16. The lowest BCUT2D eigenvalue weighted by Gasteiger charge is -2.25. The summed E-state index contributed by atoms with van der Waals surface area (Å²) < 4.78 is 37.4. The minimum atomic E-state index is -4.26. The Hall–Kier alpha value is -1.03. The first-order valence-corrected chi connectivity index (χ1v) is 6.16. The van der Waals surface area contributed by atoms with Gasteiger partial charge in [-0.25, -0.2) is 0 Å². The predicted molar refractivity (Wildman–Crippen MR) is 67.6 cm³/mol. The monoisotopic (exact) mass is 259 g/mol. The summed E-state index contributed by atoms with van der Waals surface area (Å²) in [5, 5.41) is 3.23. The van der Waals surface area contributed by atoms with Gasteiger partial charge in [-0.1, -0.05) is 32.9 Å². The van der Waals surface area contributed by atoms with Crippen molar-refractivity contribution in [3.05, 3.63) is 35.4 Å². The van der Waals surface area contributed by atoms with Crippen molar-refractivity contribution in [1.29, 1.82) is 0 Å². The fourth-order valence-corrected chi connectivity index (χ4v) is 1.83. The minimum absolute atomic E-state index is 0.119. The van der Waals surface area contributed by atoms with Crippen LogP contribution in [-0.2, 0) is 11.6 Å². The molecule has 102 valence electrons. The largest absolute Gasteiger partial charge is 0.416 e. The molecule has 0 aliphatic heterocycles. The third-order valence-corrected chi connectivity index (χ3v) is 3.17. The Kier molecular flexibility index (Phi) is 4.79. The standard InChI is InChI=1S/C14H20F3N/c1-4-18-10-9-13(2,3)11-5-7-12(8-6-11)14(15,16)17/h5-8,18H,4,9-10H2,1-3H3. The Morgan fingerprint density at radius 3 is 1.94 bits per heavy atom. The summed E-state index contributed by atoms with van der Waals surface area (Å²) in [5.41, 5.74) is 0.230. The van der Waals surface area contributed by atoms with E-state index in [1.807, 2.05) is 20.8 Å². The Morgan fingerprint density at radius 2 is 1.50 bits per heavy atom. The highest BCUT2D eigenvalue weighted by molar-refractivity contribution is 5.29. The Bertz CT molecular complexity index is 366. The van der Waals surface area contributed by atoms with Crippen molar-refractivity contribution in [3.8, 4) is 0 Å². The zero-order valence-corrected chi connectivity index (χ0v) is 11.1. The van der Waals surface area contributed by atoms with E-state index in [4.69, 9.17) is 0 Å². The number of alkyl halides is 3. The minimum Gasteiger partial charge on any atom is -0.317 e. The van der Waals surface area contributed by atoms with Crippen molar-refractivity contribution in [1.82, 2.24) is 5.32 Å². The van der Waals surface area contributed by atoms with Crippen LogP contribution in [0.5, 0.6) is 0 Å². The Morgan fingerprint density at radius 1 is 1.00 bits per heavy atom. The summed E-state index contributed by atoms with van der Waals surface area (Å²) in [6, 6.07) is 5.47. The smallest absolute Gasteiger partial charge is 0.317 e. The van der Waals surface area contributed by atoms with Crippen molar-refractivity contribution in [3.63, 3.8) is 0 Å². The third kappa shape index (κ3) is 4.02. The molecule has 1 rings (SSSR count). The van der Waals surface area contributed by atoms with Crippen LogP contribution >= 0.6 is 0 Å². The van der Waals surface area contributed by atoms with Gasteiger partial charge in [0.1, 0.15) is 0 Å². The molecule has 0 atom stereocenters. The quantitative estimate of drug-likeness (QED) is 0.789. The summed E-state index contributed by atoms with van der Waals surface area (Å²) in [7, 11) is 0. The molecule has 0 saturated heterocycles. The van der Waals surface area contributed by atoms with Crippen LogP contribution in [0.1, 0.15) is 38.3 Å². The molecule has 0 unspecified atom stereocenters. The molecular weight excluding hydrogens is 239 g/mol. The van der Waals surface area contributed by atoms with Gasteiger partial charge in [-0.05, 0) is 42.6 Å². The van der Waals surface area contributed by atoms with Gasteiger partial charge >= 0.3 is 6.18 Å². The second-order valence-electron chi connectivity index (χ2n) is 5.06. The fraction of sp³-hybridized carbons (Fsp3) is 0.571. The molecule has 0 radical (unpaired) electrons. The average Bonchev–Trinajstić information content (AvgIpc) is 2.28. The highest BCUT2D eigenvalue weighted by atomic mass is 19.4. The molecule has 18 heavy (non-hydrogen) atoms. The van der Waals surface area contributed by atoms with E-state index in [1.165, 1.54) is 0 Å². The highest BCUT2D eigenvalue weighted by Gasteiger charge is 2.30. The number of hydrogen-bond donors (Lipinski definition) is 1. The molecule has 1 N–H and O–H groups in total. The number of benzene rings is 1. The first kappa shape index (κ1) is 15.0. The van der Waals surface area contributed by atoms with E-state index >= 15 is 0 Å². The molecule has 0 aromatic heterocycles. The van der Waals surface area contributed by atoms with Crippen LogP contribution in [0.4, 0.5) is 13.2 Å². The van der Waals surface area contributed by atoms with E-state index in [0.717, 1.165) is 37.2 Å². The topological polar surface area (TPSA) is 12.0 Å². The second-order valence-corrected chi connectivity index (χ2v) is 5.06. The molecule has 0 heterocycles. The maximum absolute atomic E-state index is 12.5. The maximum atomic E-state index is 12.5. The lowest BCUT2D eigenvalue weighted by molar-refractivity contribution is -0.137. The SMILES string of the molecule is CCNCCC(C)(C)c1ccc(C(F)(F)F)cc1. The molecule has 0 saturated carbocycles. The van der Waals surface area contributed by atoms with Crippen LogP contribution in [0.2, 0.25) is 0 Å². The second kappa shape index (κ2) is 5.74.